The van der Waals surface area contributed by atoms with Crippen molar-refractivity contribution in [3.63, 3.8) is 0 Å². The zero-order valence-corrected chi connectivity index (χ0v) is 7.88. The van der Waals surface area contributed by atoms with Crippen molar-refractivity contribution in [3.05, 3.63) is 20.5 Å². The van der Waals surface area contributed by atoms with E-state index in [1.54, 1.807) is 22.6 Å². The van der Waals surface area contributed by atoms with E-state index in [2.05, 4.69) is 0 Å². The fraction of sp³-hybridized carbons (Fsp3) is 0.200. The topological polar surface area (TPSA) is 15.8 Å². The van der Waals surface area contributed by atoms with E-state index in [0.29, 0.717) is 3.57 Å². The van der Waals surface area contributed by atoms with Gasteiger partial charge in [-0.15, -0.1) is 0 Å². The molecule has 0 aliphatic heterocycles. The predicted octanol–water partition coefficient (Wildman–Crippen LogP) is 3.29. The number of hydrogen-bond donors (Lipinski definition) is 1. The minimum absolute atomic E-state index is 0.266. The van der Waals surface area contributed by atoms with E-state index in [4.69, 9.17) is 11.6 Å². The van der Waals surface area contributed by atoms with Gasteiger partial charge in [-0.2, -0.15) is 13.2 Å². The maximum Gasteiger partial charge on any atom is 0.432 e. The molecule has 62 valence electrons. The van der Waals surface area contributed by atoms with E-state index >= 15 is 0 Å². The van der Waals surface area contributed by atoms with Crippen molar-refractivity contribution in [1.29, 1.82) is 0 Å². The van der Waals surface area contributed by atoms with E-state index in [0.717, 1.165) is 0 Å². The summed E-state index contributed by atoms with van der Waals surface area (Å²) in [4.78, 5) is 2.05. The molecule has 0 bridgehead atoms. The highest BCUT2D eigenvalue weighted by Gasteiger charge is 2.35. The Morgan fingerprint density at radius 1 is 1.45 bits per heavy atom. The summed E-state index contributed by atoms with van der Waals surface area (Å²) in [5.41, 5.74) is -0.886. The predicted molar refractivity (Wildman–Crippen MR) is 43.5 cm³/mol. The molecule has 1 rings (SSSR count). The molecule has 1 N–H and O–H groups in total. The second kappa shape index (κ2) is 2.85. The third-order valence-electron chi connectivity index (χ3n) is 1.06. The van der Waals surface area contributed by atoms with Crippen molar-refractivity contribution in [2.24, 2.45) is 0 Å². The summed E-state index contributed by atoms with van der Waals surface area (Å²) in [6.45, 7) is 0. The van der Waals surface area contributed by atoms with E-state index in [1.807, 2.05) is 4.98 Å². The van der Waals surface area contributed by atoms with Crippen molar-refractivity contribution in [2.45, 2.75) is 6.18 Å². The maximum absolute atomic E-state index is 11.9. The highest BCUT2D eigenvalue weighted by molar-refractivity contribution is 14.1. The fourth-order valence-electron chi connectivity index (χ4n) is 0.588. The molecule has 1 aromatic rings. The lowest BCUT2D eigenvalue weighted by Crippen LogP contribution is -2.05. The fourth-order valence-corrected chi connectivity index (χ4v) is 1.23. The van der Waals surface area contributed by atoms with Crippen molar-refractivity contribution < 1.29 is 13.2 Å². The minimum Gasteiger partial charge on any atom is -0.355 e. The highest BCUT2D eigenvalue weighted by atomic mass is 127. The second-order valence-corrected chi connectivity index (χ2v) is 3.36. The van der Waals surface area contributed by atoms with Gasteiger partial charge in [0.1, 0.15) is 5.69 Å². The minimum atomic E-state index is -4.39. The molecule has 11 heavy (non-hydrogen) atoms. The Labute approximate surface area is 79.1 Å². The van der Waals surface area contributed by atoms with Crippen LogP contribution in [-0.4, -0.2) is 4.98 Å². The molecule has 0 aromatic carbocycles. The number of aromatic amines is 1. The first kappa shape index (κ1) is 9.18. The molecule has 0 unspecified atom stereocenters. The number of H-pyrrole nitrogens is 1. The molecule has 0 atom stereocenters. The van der Waals surface area contributed by atoms with Gasteiger partial charge < -0.3 is 4.98 Å². The molecule has 1 aromatic heterocycles. The van der Waals surface area contributed by atoms with Gasteiger partial charge in [0.05, 0.1) is 5.02 Å². The quantitative estimate of drug-likeness (QED) is 0.707. The molecule has 0 spiro atoms. The Morgan fingerprint density at radius 3 is 2.18 bits per heavy atom. The van der Waals surface area contributed by atoms with Crippen LogP contribution in [0.4, 0.5) is 13.2 Å². The van der Waals surface area contributed by atoms with Crippen LogP contribution in [0.25, 0.3) is 0 Å². The Balaban J connectivity index is 3.15. The standard InChI is InChI=1S/C5H2ClF3IN/c6-3-2(10)1-11-4(3)5(7,8)9/h1,11H. The molecule has 0 aliphatic carbocycles. The van der Waals surface area contributed by atoms with Crippen LogP contribution >= 0.6 is 34.2 Å². The lowest BCUT2D eigenvalue weighted by Gasteiger charge is -2.02. The molecule has 0 saturated carbocycles. The van der Waals surface area contributed by atoms with Gasteiger partial charge in [0.15, 0.2) is 0 Å². The number of alkyl halides is 3. The first-order valence-electron chi connectivity index (χ1n) is 2.52. The second-order valence-electron chi connectivity index (χ2n) is 1.82. The third kappa shape index (κ3) is 1.81. The zero-order chi connectivity index (χ0) is 8.65. The molecule has 0 amide bonds. The Morgan fingerprint density at radius 2 is 2.00 bits per heavy atom. The van der Waals surface area contributed by atoms with Crippen LogP contribution < -0.4 is 0 Å². The summed E-state index contributed by atoms with van der Waals surface area (Å²) in [5, 5.41) is -0.266. The summed E-state index contributed by atoms with van der Waals surface area (Å²) in [5.74, 6) is 0. The lowest BCUT2D eigenvalue weighted by molar-refractivity contribution is -0.140. The molecular weight excluding hydrogens is 293 g/mol. The van der Waals surface area contributed by atoms with Crippen LogP contribution in [0.3, 0.4) is 0 Å². The first-order valence-corrected chi connectivity index (χ1v) is 3.98. The summed E-state index contributed by atoms with van der Waals surface area (Å²) in [6, 6.07) is 0. The number of rotatable bonds is 0. The van der Waals surface area contributed by atoms with E-state index in [-0.39, 0.29) is 5.02 Å². The number of aromatic nitrogens is 1. The largest absolute Gasteiger partial charge is 0.432 e. The SMILES string of the molecule is FC(F)(F)c1[nH]cc(I)c1Cl. The third-order valence-corrected chi connectivity index (χ3v) is 2.62. The van der Waals surface area contributed by atoms with Crippen LogP contribution in [0.5, 0.6) is 0 Å². The van der Waals surface area contributed by atoms with Gasteiger partial charge in [0.2, 0.25) is 0 Å². The van der Waals surface area contributed by atoms with Crippen molar-refractivity contribution in [1.82, 2.24) is 4.98 Å². The average molecular weight is 295 g/mol. The molecular formula is C5H2ClF3IN. The molecule has 0 aliphatic rings. The lowest BCUT2D eigenvalue weighted by atomic mass is 10.4. The van der Waals surface area contributed by atoms with Crippen LogP contribution in [0.1, 0.15) is 5.69 Å². The van der Waals surface area contributed by atoms with Crippen molar-refractivity contribution in [3.8, 4) is 0 Å². The molecule has 6 heteroatoms. The average Bonchev–Trinajstić information content (AvgIpc) is 2.11. The molecule has 1 heterocycles. The van der Waals surface area contributed by atoms with E-state index in [9.17, 15) is 13.2 Å². The van der Waals surface area contributed by atoms with Crippen LogP contribution in [-0.2, 0) is 6.18 Å². The van der Waals surface area contributed by atoms with Gasteiger partial charge in [-0.3, -0.25) is 0 Å². The molecule has 0 saturated heterocycles. The van der Waals surface area contributed by atoms with Gasteiger partial charge in [-0.05, 0) is 22.6 Å². The van der Waals surface area contributed by atoms with Gasteiger partial charge >= 0.3 is 6.18 Å². The van der Waals surface area contributed by atoms with Gasteiger partial charge in [-0.25, -0.2) is 0 Å². The monoisotopic (exact) mass is 295 g/mol. The van der Waals surface area contributed by atoms with Gasteiger partial charge in [0, 0.05) is 9.77 Å². The van der Waals surface area contributed by atoms with Crippen LogP contribution in [0.2, 0.25) is 5.02 Å². The maximum atomic E-state index is 11.9. The zero-order valence-electron chi connectivity index (χ0n) is 4.97. The Hall–Kier alpha value is 0.0900. The Kier molecular flexibility index (Phi) is 2.38. The molecule has 1 nitrogen and oxygen atoms in total. The number of halogens is 5. The van der Waals surface area contributed by atoms with Crippen LogP contribution in [0, 0.1) is 3.57 Å². The summed E-state index contributed by atoms with van der Waals surface area (Å²) >= 11 is 7.06. The highest BCUT2D eigenvalue weighted by Crippen LogP contribution is 2.35. The first-order chi connectivity index (χ1) is 4.93. The molecule has 0 fully saturated rings. The van der Waals surface area contributed by atoms with Crippen molar-refractivity contribution >= 4 is 34.2 Å². The summed E-state index contributed by atoms with van der Waals surface area (Å²) in [6.07, 6.45) is -3.17. The van der Waals surface area contributed by atoms with Crippen LogP contribution in [0.15, 0.2) is 6.20 Å². The Bertz CT molecular complexity index is 267. The van der Waals surface area contributed by atoms with Gasteiger partial charge in [-0.1, -0.05) is 11.6 Å². The summed E-state index contributed by atoms with van der Waals surface area (Å²) in [7, 11) is 0. The number of nitrogens with one attached hydrogen (secondary N) is 1. The normalized spacial score (nSPS) is 12.1. The molecule has 0 radical (unpaired) electrons. The summed E-state index contributed by atoms with van der Waals surface area (Å²) < 4.78 is 36.2. The van der Waals surface area contributed by atoms with Crippen molar-refractivity contribution in [2.75, 3.05) is 0 Å². The van der Waals surface area contributed by atoms with E-state index < -0.39 is 11.9 Å². The van der Waals surface area contributed by atoms with E-state index in [1.165, 1.54) is 6.20 Å². The number of hydrogen-bond acceptors (Lipinski definition) is 0. The van der Waals surface area contributed by atoms with Gasteiger partial charge in [0.25, 0.3) is 0 Å². The smallest absolute Gasteiger partial charge is 0.355 e.